The van der Waals surface area contributed by atoms with Crippen molar-refractivity contribution in [3.05, 3.63) is 73.9 Å². The van der Waals surface area contributed by atoms with Crippen LogP contribution >= 0.6 is 0 Å². The maximum atomic E-state index is 8.00. The number of rotatable bonds is 1. The molecular weight excluding hydrogens is 364 g/mol. The van der Waals surface area contributed by atoms with Crippen molar-refractivity contribution < 1.29 is 48.5 Å². The molecule has 0 aliphatic heterocycles. The zero-order valence-electron chi connectivity index (χ0n) is 12.5. The standard InChI is InChI=1S/2C5H5.C4H6.3CH2O.2Fe/c2*1-2-4-5-3-1;1-3-4-2;3*1-2;;/h2*1-3H,4H2;3-4H,1-2H2;3*1H2;;/q2*-1;;;;;;+2. The third-order valence-corrected chi connectivity index (χ3v) is 1.34. The topological polar surface area (TPSA) is 51.2 Å². The van der Waals surface area contributed by atoms with E-state index in [9.17, 15) is 0 Å². The normalized spacial score (nSPS) is 9.45. The Hall–Kier alpha value is -1.51. The van der Waals surface area contributed by atoms with E-state index < -0.39 is 0 Å². The van der Waals surface area contributed by atoms with E-state index in [2.05, 4.69) is 37.5 Å². The van der Waals surface area contributed by atoms with Crippen LogP contribution in [0.4, 0.5) is 0 Å². The number of carbonyl (C=O) groups is 3. The molecule has 0 N–H and O–H groups in total. The van der Waals surface area contributed by atoms with Crippen LogP contribution in [0.25, 0.3) is 0 Å². The van der Waals surface area contributed by atoms with E-state index in [0.29, 0.717) is 0 Å². The van der Waals surface area contributed by atoms with Crippen LogP contribution in [-0.4, -0.2) is 20.4 Å². The summed E-state index contributed by atoms with van der Waals surface area (Å²) in [6.07, 6.45) is 23.3. The molecular formula is C17H22Fe2O3. The Morgan fingerprint density at radius 3 is 1.05 bits per heavy atom. The maximum Gasteiger partial charge on any atom is 2.00 e. The molecule has 22 heavy (non-hydrogen) atoms. The first-order valence-corrected chi connectivity index (χ1v) is 5.45. The van der Waals surface area contributed by atoms with E-state index in [1.165, 1.54) is 0 Å². The first kappa shape index (κ1) is 37.1. The Bertz CT molecular complexity index is 256. The fourth-order valence-corrected chi connectivity index (χ4v) is 0.680. The number of hydrogen-bond donors (Lipinski definition) is 0. The summed E-state index contributed by atoms with van der Waals surface area (Å²) in [4.78, 5) is 24.0. The summed E-state index contributed by atoms with van der Waals surface area (Å²) in [6.45, 7) is 12.7. The third kappa shape index (κ3) is 62.8. The maximum absolute atomic E-state index is 8.00. The molecule has 2 rings (SSSR count). The second kappa shape index (κ2) is 60.6. The van der Waals surface area contributed by atoms with E-state index in [4.69, 9.17) is 14.4 Å². The molecule has 0 heterocycles. The minimum Gasteiger partial charge on any atom is -0.307 e. The van der Waals surface area contributed by atoms with E-state index >= 15 is 0 Å². The summed E-state index contributed by atoms with van der Waals surface area (Å²) in [6, 6.07) is 0. The van der Waals surface area contributed by atoms with Gasteiger partial charge in [-0.05, 0) is 0 Å². The van der Waals surface area contributed by atoms with E-state index in [1.54, 1.807) is 12.2 Å². The summed E-state index contributed by atoms with van der Waals surface area (Å²) < 4.78 is 0. The molecule has 0 saturated heterocycles. The van der Waals surface area contributed by atoms with E-state index in [1.807, 2.05) is 44.7 Å². The van der Waals surface area contributed by atoms with Gasteiger partial charge in [-0.2, -0.15) is 12.2 Å². The van der Waals surface area contributed by atoms with Crippen LogP contribution in [0.5, 0.6) is 0 Å². The minimum absolute atomic E-state index is 0. The number of allylic oxidation sites excluding steroid dienone is 10. The Labute approximate surface area is 155 Å². The van der Waals surface area contributed by atoms with Gasteiger partial charge in [0.2, 0.25) is 0 Å². The Morgan fingerprint density at radius 2 is 1.00 bits per heavy atom. The van der Waals surface area contributed by atoms with Gasteiger partial charge in [0.15, 0.2) is 0 Å². The van der Waals surface area contributed by atoms with Gasteiger partial charge in [-0.25, -0.2) is 24.3 Å². The predicted molar refractivity (Wildman–Crippen MR) is 84.9 cm³/mol. The molecule has 0 saturated carbocycles. The van der Waals surface area contributed by atoms with Gasteiger partial charge in [0.25, 0.3) is 0 Å². The second-order valence-electron chi connectivity index (χ2n) is 2.48. The second-order valence-corrected chi connectivity index (χ2v) is 2.48. The molecule has 124 valence electrons. The fraction of sp³-hybridized carbons (Fsp3) is 0.118. The third-order valence-electron chi connectivity index (χ3n) is 1.34. The SMILES string of the molecule is C=CC=C.C=O.C=O.C=O.[C-]1=CC=CC1.[C-]1=CC=CC1.[Fe+2].[Fe]. The van der Waals surface area contributed by atoms with Crippen LogP contribution in [-0.2, 0) is 48.5 Å². The molecule has 0 aromatic carbocycles. The molecule has 0 radical (unpaired) electrons. The van der Waals surface area contributed by atoms with Crippen LogP contribution in [0.3, 0.4) is 0 Å². The van der Waals surface area contributed by atoms with Crippen LogP contribution in [0, 0.1) is 12.2 Å². The first-order valence-electron chi connectivity index (χ1n) is 5.45. The van der Waals surface area contributed by atoms with Crippen molar-refractivity contribution in [3.8, 4) is 0 Å². The number of hydrogen-bond acceptors (Lipinski definition) is 3. The monoisotopic (exact) mass is 386 g/mol. The summed E-state index contributed by atoms with van der Waals surface area (Å²) >= 11 is 0. The van der Waals surface area contributed by atoms with Gasteiger partial charge in [-0.3, -0.25) is 12.2 Å². The van der Waals surface area contributed by atoms with Gasteiger partial charge >= 0.3 is 17.1 Å². The molecule has 0 aromatic heterocycles. The fourth-order valence-electron chi connectivity index (χ4n) is 0.680. The molecule has 5 heteroatoms. The molecule has 0 amide bonds. The number of carbonyl (C=O) groups excluding carboxylic acids is 3. The average molecular weight is 386 g/mol. The van der Waals surface area contributed by atoms with Crippen LogP contribution < -0.4 is 0 Å². The summed E-state index contributed by atoms with van der Waals surface area (Å²) in [5, 5.41) is 0. The van der Waals surface area contributed by atoms with Crippen molar-refractivity contribution in [1.29, 1.82) is 0 Å². The smallest absolute Gasteiger partial charge is 0.307 e. The van der Waals surface area contributed by atoms with Crippen molar-refractivity contribution in [2.45, 2.75) is 12.8 Å². The molecule has 0 fully saturated rings. The van der Waals surface area contributed by atoms with Gasteiger partial charge in [0.05, 0.1) is 0 Å². The van der Waals surface area contributed by atoms with E-state index in [-0.39, 0.29) is 34.1 Å². The quantitative estimate of drug-likeness (QED) is 0.395. The molecule has 3 nitrogen and oxygen atoms in total. The van der Waals surface area contributed by atoms with Gasteiger partial charge in [0, 0.05) is 17.1 Å². The molecule has 0 spiro atoms. The van der Waals surface area contributed by atoms with E-state index in [0.717, 1.165) is 12.8 Å². The van der Waals surface area contributed by atoms with Crippen molar-refractivity contribution >= 4 is 20.4 Å². The predicted octanol–water partition coefficient (Wildman–Crippen LogP) is 3.41. The van der Waals surface area contributed by atoms with Gasteiger partial charge < -0.3 is 14.4 Å². The van der Waals surface area contributed by atoms with Crippen molar-refractivity contribution in [3.63, 3.8) is 0 Å². The Kier molecular flexibility index (Phi) is 102. The van der Waals surface area contributed by atoms with Gasteiger partial charge in [0.1, 0.15) is 20.4 Å². The molecule has 0 unspecified atom stereocenters. The first-order chi connectivity index (χ1) is 9.91. The molecule has 2 aliphatic carbocycles. The van der Waals surface area contributed by atoms with Crippen LogP contribution in [0.15, 0.2) is 61.8 Å². The Balaban J connectivity index is -0.0000000362. The molecule has 0 aromatic rings. The van der Waals surface area contributed by atoms with Crippen molar-refractivity contribution in [1.82, 2.24) is 0 Å². The van der Waals surface area contributed by atoms with Gasteiger partial charge in [-0.1, -0.05) is 25.3 Å². The zero-order valence-corrected chi connectivity index (χ0v) is 14.7. The summed E-state index contributed by atoms with van der Waals surface area (Å²) in [5.74, 6) is 0. The van der Waals surface area contributed by atoms with Crippen molar-refractivity contribution in [2.75, 3.05) is 0 Å². The summed E-state index contributed by atoms with van der Waals surface area (Å²) in [7, 11) is 0. The molecule has 0 bridgehead atoms. The van der Waals surface area contributed by atoms with Crippen LogP contribution in [0.2, 0.25) is 0 Å². The van der Waals surface area contributed by atoms with Crippen LogP contribution in [0.1, 0.15) is 12.8 Å². The molecule has 2 aliphatic rings. The minimum atomic E-state index is 0. The summed E-state index contributed by atoms with van der Waals surface area (Å²) in [5.41, 5.74) is 0. The Morgan fingerprint density at radius 1 is 0.727 bits per heavy atom. The average Bonchev–Trinajstić information content (AvgIpc) is 3.30. The van der Waals surface area contributed by atoms with Gasteiger partial charge in [-0.15, -0.1) is 12.8 Å². The van der Waals surface area contributed by atoms with Crippen molar-refractivity contribution in [2.24, 2.45) is 0 Å². The largest absolute Gasteiger partial charge is 2.00 e. The zero-order chi connectivity index (χ0) is 16.5. The molecule has 0 atom stereocenters.